The predicted octanol–water partition coefficient (Wildman–Crippen LogP) is 2.01. The molecule has 3 nitrogen and oxygen atoms in total. The van der Waals surface area contributed by atoms with Crippen molar-refractivity contribution < 1.29 is 0 Å². The summed E-state index contributed by atoms with van der Waals surface area (Å²) in [7, 11) is 0. The van der Waals surface area contributed by atoms with Gasteiger partial charge >= 0.3 is 0 Å². The molecule has 0 radical (unpaired) electrons. The van der Waals surface area contributed by atoms with Crippen LogP contribution < -0.4 is 10.6 Å². The number of pyridine rings is 1. The second-order valence-corrected chi connectivity index (χ2v) is 4.24. The molecular formula is C13H15N3. The van der Waals surface area contributed by atoms with Gasteiger partial charge in [0.25, 0.3) is 0 Å². The minimum atomic E-state index is 0.557. The van der Waals surface area contributed by atoms with Crippen molar-refractivity contribution in [3.05, 3.63) is 36.5 Å². The van der Waals surface area contributed by atoms with Crippen LogP contribution >= 0.6 is 0 Å². The number of rotatable bonds is 2. The molecule has 1 aliphatic rings. The number of nitrogens with one attached hydrogen (secondary N) is 2. The fourth-order valence-corrected chi connectivity index (χ4v) is 2.17. The molecule has 1 fully saturated rings. The van der Waals surface area contributed by atoms with Crippen LogP contribution in [0.5, 0.6) is 0 Å². The second-order valence-electron chi connectivity index (χ2n) is 4.24. The molecule has 0 aliphatic carbocycles. The highest BCUT2D eigenvalue weighted by molar-refractivity contribution is 5.81. The summed E-state index contributed by atoms with van der Waals surface area (Å²) in [5.74, 6) is 0. The fraction of sp³-hybridized carbons (Fsp3) is 0.308. The Morgan fingerprint density at radius 2 is 2.31 bits per heavy atom. The van der Waals surface area contributed by atoms with E-state index in [9.17, 15) is 0 Å². The molecule has 1 aromatic carbocycles. The molecule has 2 heterocycles. The van der Waals surface area contributed by atoms with Gasteiger partial charge in [-0.15, -0.1) is 0 Å². The molecule has 0 amide bonds. The maximum atomic E-state index is 4.36. The van der Waals surface area contributed by atoms with Crippen molar-refractivity contribution in [2.24, 2.45) is 0 Å². The normalized spacial score (nSPS) is 20.1. The first kappa shape index (κ1) is 9.60. The predicted molar refractivity (Wildman–Crippen MR) is 66.6 cm³/mol. The Morgan fingerprint density at radius 3 is 3.19 bits per heavy atom. The highest BCUT2D eigenvalue weighted by Gasteiger charge is 2.13. The number of aromatic nitrogens is 1. The molecule has 0 unspecified atom stereocenters. The van der Waals surface area contributed by atoms with Gasteiger partial charge in [0.15, 0.2) is 0 Å². The average Bonchev–Trinajstić information content (AvgIpc) is 2.82. The van der Waals surface area contributed by atoms with E-state index in [1.54, 1.807) is 0 Å². The zero-order valence-corrected chi connectivity index (χ0v) is 9.11. The number of anilines is 1. The number of hydrogen-bond acceptors (Lipinski definition) is 3. The van der Waals surface area contributed by atoms with Gasteiger partial charge in [-0.2, -0.15) is 0 Å². The molecule has 2 N–H and O–H groups in total. The van der Waals surface area contributed by atoms with Crippen LogP contribution in [0.4, 0.5) is 5.69 Å². The Kier molecular flexibility index (Phi) is 2.46. The maximum absolute atomic E-state index is 4.36. The SMILES string of the molecule is c1cnc2cc(N[C@@H]3CCNC3)ccc2c1. The maximum Gasteiger partial charge on any atom is 0.0722 e. The Hall–Kier alpha value is -1.61. The van der Waals surface area contributed by atoms with Crippen LogP contribution in [0.15, 0.2) is 36.5 Å². The van der Waals surface area contributed by atoms with Crippen LogP contribution in [-0.2, 0) is 0 Å². The van der Waals surface area contributed by atoms with Gasteiger partial charge in [-0.1, -0.05) is 12.1 Å². The van der Waals surface area contributed by atoms with Crippen molar-refractivity contribution in [1.82, 2.24) is 10.3 Å². The van der Waals surface area contributed by atoms with Crippen molar-refractivity contribution in [3.8, 4) is 0 Å². The molecule has 3 rings (SSSR count). The van der Waals surface area contributed by atoms with Crippen LogP contribution in [0.1, 0.15) is 6.42 Å². The van der Waals surface area contributed by atoms with Gasteiger partial charge in [-0.05, 0) is 31.2 Å². The smallest absolute Gasteiger partial charge is 0.0722 e. The van der Waals surface area contributed by atoms with Gasteiger partial charge in [0.2, 0.25) is 0 Å². The Bertz CT molecular complexity index is 489. The number of fused-ring (bicyclic) bond motifs is 1. The molecule has 2 aromatic rings. The lowest BCUT2D eigenvalue weighted by molar-refractivity contribution is 0.793. The quantitative estimate of drug-likeness (QED) is 0.801. The lowest BCUT2D eigenvalue weighted by atomic mass is 10.2. The highest BCUT2D eigenvalue weighted by Crippen LogP contribution is 2.18. The summed E-state index contributed by atoms with van der Waals surface area (Å²) in [6, 6.07) is 11.0. The van der Waals surface area contributed by atoms with Crippen molar-refractivity contribution in [2.45, 2.75) is 12.5 Å². The van der Waals surface area contributed by atoms with Crippen molar-refractivity contribution in [3.63, 3.8) is 0 Å². The molecular weight excluding hydrogens is 198 g/mol. The summed E-state index contributed by atoms with van der Waals surface area (Å²) < 4.78 is 0. The van der Waals surface area contributed by atoms with Crippen molar-refractivity contribution in [1.29, 1.82) is 0 Å². The van der Waals surface area contributed by atoms with Gasteiger partial charge in [0.1, 0.15) is 0 Å². The second kappa shape index (κ2) is 4.10. The van der Waals surface area contributed by atoms with E-state index >= 15 is 0 Å². The molecule has 3 heteroatoms. The first-order chi connectivity index (χ1) is 7.92. The summed E-state index contributed by atoms with van der Waals surface area (Å²) in [5.41, 5.74) is 2.22. The number of hydrogen-bond donors (Lipinski definition) is 2. The van der Waals surface area contributed by atoms with Crippen LogP contribution in [0.2, 0.25) is 0 Å². The molecule has 16 heavy (non-hydrogen) atoms. The van der Waals surface area contributed by atoms with Crippen LogP contribution in [0.3, 0.4) is 0 Å². The van der Waals surface area contributed by atoms with Gasteiger partial charge in [-0.25, -0.2) is 0 Å². The summed E-state index contributed by atoms with van der Waals surface area (Å²) in [6.07, 6.45) is 3.03. The van der Waals surface area contributed by atoms with E-state index in [2.05, 4.69) is 39.9 Å². The Labute approximate surface area is 94.9 Å². The zero-order valence-electron chi connectivity index (χ0n) is 9.11. The number of nitrogens with zero attached hydrogens (tertiary/aromatic N) is 1. The first-order valence-electron chi connectivity index (χ1n) is 5.74. The molecule has 1 aromatic heterocycles. The van der Waals surface area contributed by atoms with Gasteiger partial charge in [0, 0.05) is 29.9 Å². The molecule has 0 bridgehead atoms. The summed E-state index contributed by atoms with van der Waals surface area (Å²) in [6.45, 7) is 2.17. The largest absolute Gasteiger partial charge is 0.381 e. The first-order valence-corrected chi connectivity index (χ1v) is 5.74. The lowest BCUT2D eigenvalue weighted by Crippen LogP contribution is -2.21. The van der Waals surface area contributed by atoms with Crippen molar-refractivity contribution in [2.75, 3.05) is 18.4 Å². The third kappa shape index (κ3) is 1.86. The average molecular weight is 213 g/mol. The van der Waals surface area contributed by atoms with Crippen molar-refractivity contribution >= 4 is 16.6 Å². The van der Waals surface area contributed by atoms with E-state index in [1.807, 2.05) is 12.3 Å². The summed E-state index contributed by atoms with van der Waals surface area (Å²) >= 11 is 0. The van der Waals surface area contributed by atoms with E-state index in [0.29, 0.717) is 6.04 Å². The summed E-state index contributed by atoms with van der Waals surface area (Å²) in [5, 5.41) is 8.07. The molecule has 82 valence electrons. The fourth-order valence-electron chi connectivity index (χ4n) is 2.17. The van der Waals surface area contributed by atoms with Gasteiger partial charge in [-0.3, -0.25) is 4.98 Å². The van der Waals surface area contributed by atoms with Crippen LogP contribution in [0.25, 0.3) is 10.9 Å². The molecule has 1 saturated heterocycles. The minimum Gasteiger partial charge on any atom is -0.381 e. The van der Waals surface area contributed by atoms with E-state index in [0.717, 1.165) is 18.6 Å². The molecule has 1 aliphatic heterocycles. The summed E-state index contributed by atoms with van der Waals surface area (Å²) in [4.78, 5) is 4.36. The van der Waals surface area contributed by atoms with E-state index < -0.39 is 0 Å². The molecule has 0 saturated carbocycles. The third-order valence-corrected chi connectivity index (χ3v) is 3.04. The minimum absolute atomic E-state index is 0.557. The third-order valence-electron chi connectivity index (χ3n) is 3.04. The highest BCUT2D eigenvalue weighted by atomic mass is 15.0. The van der Waals surface area contributed by atoms with Gasteiger partial charge < -0.3 is 10.6 Å². The van der Waals surface area contributed by atoms with E-state index in [4.69, 9.17) is 0 Å². The van der Waals surface area contributed by atoms with Gasteiger partial charge in [0.05, 0.1) is 5.52 Å². The topological polar surface area (TPSA) is 37.0 Å². The molecule has 1 atom stereocenters. The Balaban J connectivity index is 1.86. The standard InChI is InChI=1S/C13H15N3/c1-2-10-3-4-11(8-13(10)15-6-1)16-12-5-7-14-9-12/h1-4,6,8,12,14,16H,5,7,9H2/t12-/m1/s1. The lowest BCUT2D eigenvalue weighted by Gasteiger charge is -2.13. The zero-order chi connectivity index (χ0) is 10.8. The van der Waals surface area contributed by atoms with Crippen LogP contribution in [0, 0.1) is 0 Å². The monoisotopic (exact) mass is 213 g/mol. The Morgan fingerprint density at radius 1 is 1.31 bits per heavy atom. The van der Waals surface area contributed by atoms with E-state index in [1.165, 1.54) is 17.5 Å². The van der Waals surface area contributed by atoms with Crippen LogP contribution in [-0.4, -0.2) is 24.1 Å². The van der Waals surface area contributed by atoms with E-state index in [-0.39, 0.29) is 0 Å². The number of benzene rings is 1. The molecule has 0 spiro atoms.